The highest BCUT2D eigenvalue weighted by Crippen LogP contribution is 2.24. The Morgan fingerprint density at radius 2 is 1.62 bits per heavy atom. The third-order valence-electron chi connectivity index (χ3n) is 5.28. The first-order valence-corrected chi connectivity index (χ1v) is 8.60. The van der Waals surface area contributed by atoms with E-state index in [9.17, 15) is 0 Å². The number of benzene rings is 1. The zero-order valence-electron chi connectivity index (χ0n) is 13.1. The highest BCUT2D eigenvalue weighted by molar-refractivity contribution is 5.27. The van der Waals surface area contributed by atoms with E-state index in [4.69, 9.17) is 5.73 Å². The number of rotatable bonds is 5. The topological polar surface area (TPSA) is 32.5 Å². The molecule has 0 spiro atoms. The van der Waals surface area contributed by atoms with E-state index >= 15 is 0 Å². The molecule has 2 fully saturated rings. The minimum absolute atomic E-state index is 0.658. The van der Waals surface area contributed by atoms with Crippen LogP contribution in [0.25, 0.3) is 0 Å². The minimum Gasteiger partial charge on any atom is -0.326 e. The standard InChI is InChI=1S/C18H29N3/c19-15-17-6-2-1-5-16(17)9-10-20-11-13-21(14-12-20)18-7-3-4-8-18/h1-2,5-6,18H,3-4,7-15,19H2. The van der Waals surface area contributed by atoms with Crippen molar-refractivity contribution in [1.29, 1.82) is 0 Å². The molecule has 1 saturated carbocycles. The molecule has 0 radical (unpaired) electrons. The van der Waals surface area contributed by atoms with Crippen LogP contribution in [-0.4, -0.2) is 48.6 Å². The summed E-state index contributed by atoms with van der Waals surface area (Å²) in [7, 11) is 0. The molecule has 1 heterocycles. The van der Waals surface area contributed by atoms with Crippen LogP contribution in [0.3, 0.4) is 0 Å². The molecule has 0 amide bonds. The smallest absolute Gasteiger partial charge is 0.0180 e. The number of piperazine rings is 1. The van der Waals surface area contributed by atoms with Crippen molar-refractivity contribution in [2.24, 2.45) is 5.73 Å². The van der Waals surface area contributed by atoms with Gasteiger partial charge < -0.3 is 10.6 Å². The second kappa shape index (κ2) is 7.39. The second-order valence-corrected chi connectivity index (χ2v) is 6.54. The third-order valence-corrected chi connectivity index (χ3v) is 5.28. The molecule has 0 unspecified atom stereocenters. The maximum absolute atomic E-state index is 5.83. The Hall–Kier alpha value is -0.900. The van der Waals surface area contributed by atoms with E-state index < -0.39 is 0 Å². The number of nitrogens with zero attached hydrogens (tertiary/aromatic N) is 2. The molecule has 1 aromatic carbocycles. The fourth-order valence-electron chi connectivity index (χ4n) is 3.90. The van der Waals surface area contributed by atoms with Gasteiger partial charge in [-0.15, -0.1) is 0 Å². The summed E-state index contributed by atoms with van der Waals surface area (Å²) in [5.41, 5.74) is 8.56. The van der Waals surface area contributed by atoms with Gasteiger partial charge in [-0.05, 0) is 30.4 Å². The van der Waals surface area contributed by atoms with E-state index in [1.54, 1.807) is 0 Å². The summed E-state index contributed by atoms with van der Waals surface area (Å²) in [6.45, 7) is 6.84. The fraction of sp³-hybridized carbons (Fsp3) is 0.667. The van der Waals surface area contributed by atoms with Crippen molar-refractivity contribution >= 4 is 0 Å². The zero-order chi connectivity index (χ0) is 14.5. The summed E-state index contributed by atoms with van der Waals surface area (Å²) in [6, 6.07) is 9.51. The van der Waals surface area contributed by atoms with Crippen LogP contribution in [0.2, 0.25) is 0 Å². The predicted octanol–water partition coefficient (Wildman–Crippen LogP) is 2.25. The van der Waals surface area contributed by atoms with Gasteiger partial charge in [-0.1, -0.05) is 37.1 Å². The second-order valence-electron chi connectivity index (χ2n) is 6.54. The van der Waals surface area contributed by atoms with E-state index in [0.717, 1.165) is 12.5 Å². The molecule has 21 heavy (non-hydrogen) atoms. The first-order valence-electron chi connectivity index (χ1n) is 8.60. The summed E-state index contributed by atoms with van der Waals surface area (Å²) in [6.07, 6.45) is 6.89. The SMILES string of the molecule is NCc1ccccc1CCN1CCN(C2CCCC2)CC1. The van der Waals surface area contributed by atoms with E-state index in [1.807, 2.05) is 0 Å². The average molecular weight is 287 g/mol. The highest BCUT2D eigenvalue weighted by Gasteiger charge is 2.25. The molecular formula is C18H29N3. The molecule has 116 valence electrons. The fourth-order valence-corrected chi connectivity index (χ4v) is 3.90. The monoisotopic (exact) mass is 287 g/mol. The summed E-state index contributed by atoms with van der Waals surface area (Å²) in [5, 5.41) is 0. The minimum atomic E-state index is 0.658. The Labute approximate surface area is 129 Å². The lowest BCUT2D eigenvalue weighted by molar-refractivity contribution is 0.0986. The first kappa shape index (κ1) is 15.0. The van der Waals surface area contributed by atoms with Crippen LogP contribution in [-0.2, 0) is 13.0 Å². The molecular weight excluding hydrogens is 258 g/mol. The van der Waals surface area contributed by atoms with Gasteiger partial charge in [0.15, 0.2) is 0 Å². The molecule has 1 aliphatic heterocycles. The average Bonchev–Trinajstić information content (AvgIpc) is 3.08. The maximum Gasteiger partial charge on any atom is 0.0180 e. The van der Waals surface area contributed by atoms with Crippen LogP contribution in [0.15, 0.2) is 24.3 Å². The van der Waals surface area contributed by atoms with E-state index in [-0.39, 0.29) is 0 Å². The van der Waals surface area contributed by atoms with Gasteiger partial charge in [-0.25, -0.2) is 0 Å². The van der Waals surface area contributed by atoms with Crippen LogP contribution in [0.4, 0.5) is 0 Å². The lowest BCUT2D eigenvalue weighted by Crippen LogP contribution is -2.50. The molecule has 1 aromatic rings. The Bertz CT molecular complexity index is 432. The van der Waals surface area contributed by atoms with Gasteiger partial charge in [0, 0.05) is 45.3 Å². The van der Waals surface area contributed by atoms with Crippen molar-refractivity contribution in [3.05, 3.63) is 35.4 Å². The largest absolute Gasteiger partial charge is 0.326 e. The van der Waals surface area contributed by atoms with Crippen LogP contribution in [0, 0.1) is 0 Å². The molecule has 2 N–H and O–H groups in total. The van der Waals surface area contributed by atoms with Crippen LogP contribution < -0.4 is 5.73 Å². The van der Waals surface area contributed by atoms with Gasteiger partial charge in [0.25, 0.3) is 0 Å². The molecule has 3 rings (SSSR count). The summed E-state index contributed by atoms with van der Waals surface area (Å²) >= 11 is 0. The van der Waals surface area contributed by atoms with Gasteiger partial charge in [0.1, 0.15) is 0 Å². The van der Waals surface area contributed by atoms with E-state index in [2.05, 4.69) is 34.1 Å². The Balaban J connectivity index is 1.45. The maximum atomic E-state index is 5.83. The van der Waals surface area contributed by atoms with Crippen LogP contribution in [0.5, 0.6) is 0 Å². The number of hydrogen-bond acceptors (Lipinski definition) is 3. The van der Waals surface area contributed by atoms with Crippen LogP contribution >= 0.6 is 0 Å². The normalized spacial score (nSPS) is 22.0. The third kappa shape index (κ3) is 3.85. The summed E-state index contributed by atoms with van der Waals surface area (Å²) in [4.78, 5) is 5.36. The lowest BCUT2D eigenvalue weighted by Gasteiger charge is -2.38. The van der Waals surface area contributed by atoms with Crippen molar-refractivity contribution in [1.82, 2.24) is 9.80 Å². The predicted molar refractivity (Wildman–Crippen MR) is 88.3 cm³/mol. The lowest BCUT2D eigenvalue weighted by atomic mass is 10.0. The highest BCUT2D eigenvalue weighted by atomic mass is 15.3. The molecule has 0 bridgehead atoms. The first-order chi connectivity index (χ1) is 10.4. The quantitative estimate of drug-likeness (QED) is 0.901. The molecule has 1 saturated heterocycles. The van der Waals surface area contributed by atoms with Gasteiger partial charge >= 0.3 is 0 Å². The van der Waals surface area contributed by atoms with Crippen LogP contribution in [0.1, 0.15) is 36.8 Å². The summed E-state index contributed by atoms with van der Waals surface area (Å²) < 4.78 is 0. The molecule has 2 aliphatic rings. The van der Waals surface area contributed by atoms with Crippen molar-refractivity contribution < 1.29 is 0 Å². The van der Waals surface area contributed by atoms with Crippen molar-refractivity contribution in [3.63, 3.8) is 0 Å². The Morgan fingerprint density at radius 3 is 2.29 bits per heavy atom. The molecule has 3 nitrogen and oxygen atoms in total. The molecule has 0 atom stereocenters. The van der Waals surface area contributed by atoms with Crippen molar-refractivity contribution in [2.45, 2.75) is 44.7 Å². The van der Waals surface area contributed by atoms with E-state index in [0.29, 0.717) is 6.54 Å². The van der Waals surface area contributed by atoms with Crippen molar-refractivity contribution in [3.8, 4) is 0 Å². The summed E-state index contributed by atoms with van der Waals surface area (Å²) in [5.74, 6) is 0. The molecule has 3 heteroatoms. The number of nitrogens with two attached hydrogens (primary N) is 1. The van der Waals surface area contributed by atoms with E-state index in [1.165, 1.54) is 69.5 Å². The zero-order valence-corrected chi connectivity index (χ0v) is 13.1. The molecule has 1 aliphatic carbocycles. The van der Waals surface area contributed by atoms with Gasteiger partial charge in [0.05, 0.1) is 0 Å². The number of hydrogen-bond donors (Lipinski definition) is 1. The van der Waals surface area contributed by atoms with Gasteiger partial charge in [-0.3, -0.25) is 4.90 Å². The Morgan fingerprint density at radius 1 is 0.952 bits per heavy atom. The van der Waals surface area contributed by atoms with Crippen molar-refractivity contribution in [2.75, 3.05) is 32.7 Å². The van der Waals surface area contributed by atoms with Gasteiger partial charge in [0.2, 0.25) is 0 Å². The van der Waals surface area contributed by atoms with Gasteiger partial charge in [-0.2, -0.15) is 0 Å². The molecule has 0 aromatic heterocycles. The Kier molecular flexibility index (Phi) is 5.28.